The van der Waals surface area contributed by atoms with Gasteiger partial charge >= 0.3 is 13.8 Å². The van der Waals surface area contributed by atoms with Gasteiger partial charge in [-0.05, 0) is 12.1 Å². The molecule has 0 unspecified atom stereocenters. The standard InChI is InChI=1S/C12H7F3N5O4P/c13-12(14,15)6-2-8-7(1-5(6)3-16)17-11(21)10-19-18-9(20(8)10)4-25(22,23)24/h1-2H,4H2,(H,17,21)(H2,22,23,24). The molecule has 130 valence electrons. The summed E-state index contributed by atoms with van der Waals surface area (Å²) in [5.41, 5.74) is -3.59. The summed E-state index contributed by atoms with van der Waals surface area (Å²) in [6, 6.07) is 2.84. The van der Waals surface area contributed by atoms with E-state index in [1.54, 1.807) is 0 Å². The molecule has 0 fully saturated rings. The third-order valence-electron chi connectivity index (χ3n) is 3.33. The summed E-state index contributed by atoms with van der Waals surface area (Å²) in [5, 5.41) is 15.9. The summed E-state index contributed by atoms with van der Waals surface area (Å²) in [6.45, 7) is 0. The van der Waals surface area contributed by atoms with Gasteiger partial charge in [-0.25, -0.2) is 0 Å². The van der Waals surface area contributed by atoms with Gasteiger partial charge in [0.15, 0.2) is 0 Å². The van der Waals surface area contributed by atoms with Crippen molar-refractivity contribution in [2.45, 2.75) is 12.3 Å². The molecule has 0 saturated carbocycles. The van der Waals surface area contributed by atoms with Gasteiger partial charge in [-0.3, -0.25) is 13.8 Å². The number of alkyl halides is 3. The van der Waals surface area contributed by atoms with Crippen LogP contribution in [0.25, 0.3) is 16.7 Å². The number of H-pyrrole nitrogens is 1. The predicted octanol–water partition coefficient (Wildman–Crippen LogP) is 1.14. The van der Waals surface area contributed by atoms with Crippen LogP contribution in [0.15, 0.2) is 16.9 Å². The Morgan fingerprint density at radius 1 is 1.32 bits per heavy atom. The minimum absolute atomic E-state index is 0.131. The Morgan fingerprint density at radius 2 is 2.00 bits per heavy atom. The molecular formula is C12H7F3N5O4P. The van der Waals surface area contributed by atoms with Crippen molar-refractivity contribution in [2.75, 3.05) is 0 Å². The van der Waals surface area contributed by atoms with Crippen LogP contribution in [0.4, 0.5) is 13.2 Å². The molecule has 0 radical (unpaired) electrons. The van der Waals surface area contributed by atoms with Crippen LogP contribution in [0, 0.1) is 11.3 Å². The van der Waals surface area contributed by atoms with Crippen LogP contribution in [0.5, 0.6) is 0 Å². The Labute approximate surface area is 135 Å². The van der Waals surface area contributed by atoms with E-state index in [1.807, 2.05) is 0 Å². The van der Waals surface area contributed by atoms with Gasteiger partial charge in [0, 0.05) is 0 Å². The number of aromatic amines is 1. The largest absolute Gasteiger partial charge is 0.417 e. The molecule has 3 aromatic rings. The Bertz CT molecular complexity index is 1150. The van der Waals surface area contributed by atoms with Crippen LogP contribution < -0.4 is 5.56 Å². The highest BCUT2D eigenvalue weighted by atomic mass is 31.2. The van der Waals surface area contributed by atoms with Crippen LogP contribution >= 0.6 is 7.60 Å². The summed E-state index contributed by atoms with van der Waals surface area (Å²) in [6.07, 6.45) is -5.77. The smallest absolute Gasteiger partial charge is 0.324 e. The lowest BCUT2D eigenvalue weighted by molar-refractivity contribution is -0.137. The minimum atomic E-state index is -4.85. The third-order valence-corrected chi connectivity index (χ3v) is 4.03. The third kappa shape index (κ3) is 3.00. The molecule has 0 aliphatic rings. The average Bonchev–Trinajstić information content (AvgIpc) is 2.87. The van der Waals surface area contributed by atoms with E-state index < -0.39 is 42.3 Å². The fraction of sp³-hybridized carbons (Fsp3) is 0.167. The predicted molar refractivity (Wildman–Crippen MR) is 76.6 cm³/mol. The molecule has 3 N–H and O–H groups in total. The quantitative estimate of drug-likeness (QED) is 0.571. The number of hydrogen-bond acceptors (Lipinski definition) is 5. The molecule has 13 heteroatoms. The maximum absolute atomic E-state index is 13.2. The first-order valence-electron chi connectivity index (χ1n) is 6.47. The molecule has 3 rings (SSSR count). The Kier molecular flexibility index (Phi) is 3.68. The van der Waals surface area contributed by atoms with E-state index in [1.165, 1.54) is 6.07 Å². The number of nitriles is 1. The lowest BCUT2D eigenvalue weighted by Gasteiger charge is -2.12. The molecule has 9 nitrogen and oxygen atoms in total. The van der Waals surface area contributed by atoms with Gasteiger partial charge in [0.2, 0.25) is 5.65 Å². The molecule has 0 atom stereocenters. The molecule has 2 aromatic heterocycles. The number of rotatable bonds is 2. The van der Waals surface area contributed by atoms with Crippen molar-refractivity contribution in [2.24, 2.45) is 0 Å². The SMILES string of the molecule is N#Cc1cc2[nH]c(=O)c3nnc(CP(=O)(O)O)n3c2cc1C(F)(F)F. The van der Waals surface area contributed by atoms with Crippen LogP contribution in [-0.2, 0) is 16.9 Å². The number of halogens is 3. The van der Waals surface area contributed by atoms with Crippen LogP contribution in [0.1, 0.15) is 17.0 Å². The van der Waals surface area contributed by atoms with Gasteiger partial charge < -0.3 is 14.8 Å². The second-order valence-corrected chi connectivity index (χ2v) is 6.72. The highest BCUT2D eigenvalue weighted by Crippen LogP contribution is 2.39. The van der Waals surface area contributed by atoms with Crippen molar-refractivity contribution in [3.63, 3.8) is 0 Å². The van der Waals surface area contributed by atoms with Crippen molar-refractivity contribution >= 4 is 24.3 Å². The second kappa shape index (κ2) is 5.38. The normalized spacial score (nSPS) is 12.6. The molecule has 0 saturated heterocycles. The maximum Gasteiger partial charge on any atom is 0.417 e. The number of fused-ring (bicyclic) bond motifs is 3. The average molecular weight is 373 g/mol. The molecule has 0 aliphatic heterocycles. The number of benzene rings is 1. The highest BCUT2D eigenvalue weighted by Gasteiger charge is 2.34. The molecule has 0 amide bonds. The molecule has 0 aliphatic carbocycles. The van der Waals surface area contributed by atoms with Crippen LogP contribution in [-0.4, -0.2) is 29.4 Å². The number of hydrogen-bond donors (Lipinski definition) is 3. The maximum atomic E-state index is 13.2. The Balaban J connectivity index is 2.48. The Hall–Kier alpha value is -2.74. The first-order chi connectivity index (χ1) is 11.5. The number of nitrogens with zero attached hydrogens (tertiary/aromatic N) is 4. The van der Waals surface area contributed by atoms with Gasteiger partial charge in [-0.15, -0.1) is 10.2 Å². The topological polar surface area (TPSA) is 144 Å². The van der Waals surface area contributed by atoms with E-state index in [9.17, 15) is 22.5 Å². The van der Waals surface area contributed by atoms with E-state index in [0.29, 0.717) is 6.07 Å². The summed E-state index contributed by atoms with van der Waals surface area (Å²) < 4.78 is 51.5. The first kappa shape index (κ1) is 17.1. The van der Waals surface area contributed by atoms with Crippen LogP contribution in [0.3, 0.4) is 0 Å². The van der Waals surface area contributed by atoms with E-state index in [-0.39, 0.29) is 16.9 Å². The van der Waals surface area contributed by atoms with Gasteiger partial charge in [0.05, 0.1) is 28.2 Å². The van der Waals surface area contributed by atoms with Crippen molar-refractivity contribution in [1.29, 1.82) is 5.26 Å². The van der Waals surface area contributed by atoms with E-state index in [2.05, 4.69) is 15.2 Å². The summed E-state index contributed by atoms with van der Waals surface area (Å²) in [7, 11) is -4.62. The molecular weight excluding hydrogens is 366 g/mol. The zero-order chi connectivity index (χ0) is 18.6. The molecule has 25 heavy (non-hydrogen) atoms. The lowest BCUT2D eigenvalue weighted by Crippen LogP contribution is -2.14. The zero-order valence-corrected chi connectivity index (χ0v) is 12.8. The van der Waals surface area contributed by atoms with Gasteiger partial charge in [0.1, 0.15) is 12.0 Å². The van der Waals surface area contributed by atoms with Gasteiger partial charge in [-0.1, -0.05) is 0 Å². The fourth-order valence-electron chi connectivity index (χ4n) is 2.38. The molecule has 0 bridgehead atoms. The monoisotopic (exact) mass is 373 g/mol. The van der Waals surface area contributed by atoms with Crippen molar-refractivity contribution < 1.29 is 27.5 Å². The van der Waals surface area contributed by atoms with Crippen molar-refractivity contribution in [3.8, 4) is 6.07 Å². The number of nitrogens with one attached hydrogen (secondary N) is 1. The second-order valence-electron chi connectivity index (χ2n) is 5.08. The van der Waals surface area contributed by atoms with E-state index in [0.717, 1.165) is 10.5 Å². The molecule has 1 aromatic carbocycles. The van der Waals surface area contributed by atoms with Gasteiger partial charge in [0.25, 0.3) is 5.56 Å². The first-order valence-corrected chi connectivity index (χ1v) is 8.27. The van der Waals surface area contributed by atoms with Crippen LogP contribution in [0.2, 0.25) is 0 Å². The number of aromatic nitrogens is 4. The van der Waals surface area contributed by atoms with E-state index >= 15 is 0 Å². The van der Waals surface area contributed by atoms with Crippen molar-refractivity contribution in [3.05, 3.63) is 39.4 Å². The zero-order valence-electron chi connectivity index (χ0n) is 11.9. The Morgan fingerprint density at radius 3 is 2.56 bits per heavy atom. The summed E-state index contributed by atoms with van der Waals surface area (Å²) in [5.74, 6) is -0.378. The van der Waals surface area contributed by atoms with Gasteiger partial charge in [-0.2, -0.15) is 18.4 Å². The summed E-state index contributed by atoms with van der Waals surface area (Å²) >= 11 is 0. The highest BCUT2D eigenvalue weighted by molar-refractivity contribution is 7.50. The van der Waals surface area contributed by atoms with Crippen molar-refractivity contribution in [1.82, 2.24) is 19.6 Å². The molecule has 0 spiro atoms. The van der Waals surface area contributed by atoms with E-state index in [4.69, 9.17) is 15.0 Å². The summed E-state index contributed by atoms with van der Waals surface area (Å²) in [4.78, 5) is 32.4. The molecule has 2 heterocycles. The minimum Gasteiger partial charge on any atom is -0.324 e. The lowest BCUT2D eigenvalue weighted by atomic mass is 10.1. The fourth-order valence-corrected chi connectivity index (χ4v) is 2.96.